The van der Waals surface area contributed by atoms with Crippen LogP contribution < -0.4 is 21.2 Å². The van der Waals surface area contributed by atoms with Crippen LogP contribution in [0, 0.1) is 5.82 Å². The number of H-pyrrole nitrogens is 1. The van der Waals surface area contributed by atoms with Crippen LogP contribution in [0.1, 0.15) is 5.56 Å². The molecule has 0 unspecified atom stereocenters. The molecule has 29 heavy (non-hydrogen) atoms. The van der Waals surface area contributed by atoms with Crippen LogP contribution in [0.15, 0.2) is 58.1 Å². The van der Waals surface area contributed by atoms with Crippen molar-refractivity contribution in [1.29, 1.82) is 0 Å². The third-order valence-corrected chi connectivity index (χ3v) is 5.17. The number of rotatable bonds is 4. The van der Waals surface area contributed by atoms with Gasteiger partial charge in [-0.1, -0.05) is 23.7 Å². The SMILES string of the molecule is O=c1nc(N2CCN(c3ccc(F)cc3)CC2)[nH]c(=O)n1Cc1ccc(Cl)cc1. The highest BCUT2D eigenvalue weighted by molar-refractivity contribution is 6.30. The van der Waals surface area contributed by atoms with Gasteiger partial charge in [-0.25, -0.2) is 18.5 Å². The summed E-state index contributed by atoms with van der Waals surface area (Å²) in [5.41, 5.74) is 0.617. The Morgan fingerprint density at radius 2 is 1.55 bits per heavy atom. The molecule has 0 radical (unpaired) electrons. The highest BCUT2D eigenvalue weighted by Crippen LogP contribution is 2.18. The predicted molar refractivity (Wildman–Crippen MR) is 110 cm³/mol. The average Bonchev–Trinajstić information content (AvgIpc) is 2.73. The highest BCUT2D eigenvalue weighted by atomic mass is 35.5. The van der Waals surface area contributed by atoms with E-state index in [2.05, 4.69) is 14.9 Å². The molecule has 0 atom stereocenters. The van der Waals surface area contributed by atoms with Crippen molar-refractivity contribution in [3.8, 4) is 0 Å². The number of hydrogen-bond donors (Lipinski definition) is 1. The molecule has 1 aliphatic rings. The Morgan fingerprint density at radius 1 is 0.931 bits per heavy atom. The lowest BCUT2D eigenvalue weighted by molar-refractivity contribution is 0.609. The standard InChI is InChI=1S/C20H19ClFN5O2/c21-15-3-1-14(2-4-15)13-27-19(28)23-18(24-20(27)29)26-11-9-25(10-12-26)17-7-5-16(22)6-8-17/h1-8H,9-13H2,(H,23,24,28,29). The minimum absolute atomic E-state index is 0.122. The van der Waals surface area contributed by atoms with Gasteiger partial charge in [0.1, 0.15) is 5.82 Å². The smallest absolute Gasteiger partial charge is 0.355 e. The van der Waals surface area contributed by atoms with Crippen molar-refractivity contribution in [3.05, 3.63) is 85.9 Å². The van der Waals surface area contributed by atoms with Gasteiger partial charge in [-0.3, -0.25) is 4.98 Å². The fourth-order valence-corrected chi connectivity index (χ4v) is 3.44. The minimum Gasteiger partial charge on any atom is -0.368 e. The maximum Gasteiger partial charge on any atom is 0.355 e. The molecule has 2 aromatic carbocycles. The predicted octanol–water partition coefficient (Wildman–Crippen LogP) is 2.10. The summed E-state index contributed by atoms with van der Waals surface area (Å²) < 4.78 is 14.2. The molecule has 1 saturated heterocycles. The largest absolute Gasteiger partial charge is 0.368 e. The maximum absolute atomic E-state index is 13.1. The van der Waals surface area contributed by atoms with Gasteiger partial charge in [-0.05, 0) is 42.0 Å². The van der Waals surface area contributed by atoms with Gasteiger partial charge >= 0.3 is 11.4 Å². The Hall–Kier alpha value is -3.13. The van der Waals surface area contributed by atoms with E-state index >= 15 is 0 Å². The van der Waals surface area contributed by atoms with E-state index in [1.807, 2.05) is 4.90 Å². The first kappa shape index (κ1) is 19.2. The number of aromatic amines is 1. The van der Waals surface area contributed by atoms with E-state index in [0.717, 1.165) is 15.8 Å². The van der Waals surface area contributed by atoms with Crippen LogP contribution in [0.25, 0.3) is 0 Å². The van der Waals surface area contributed by atoms with E-state index < -0.39 is 11.4 Å². The van der Waals surface area contributed by atoms with Gasteiger partial charge in [0.25, 0.3) is 0 Å². The average molecular weight is 416 g/mol. The normalized spacial score (nSPS) is 14.3. The van der Waals surface area contributed by atoms with Crippen molar-refractivity contribution in [2.45, 2.75) is 6.54 Å². The van der Waals surface area contributed by atoms with Gasteiger partial charge in [0.2, 0.25) is 5.95 Å². The van der Waals surface area contributed by atoms with Crippen LogP contribution in [-0.2, 0) is 6.54 Å². The molecule has 0 bridgehead atoms. The van der Waals surface area contributed by atoms with Crippen LogP contribution in [-0.4, -0.2) is 40.7 Å². The van der Waals surface area contributed by atoms with Gasteiger partial charge in [-0.2, -0.15) is 4.98 Å². The number of benzene rings is 2. The van der Waals surface area contributed by atoms with Crippen LogP contribution in [0.2, 0.25) is 5.02 Å². The molecule has 0 aliphatic carbocycles. The zero-order valence-corrected chi connectivity index (χ0v) is 16.3. The van der Waals surface area contributed by atoms with Crippen molar-refractivity contribution in [2.75, 3.05) is 36.0 Å². The lowest BCUT2D eigenvalue weighted by Crippen LogP contribution is -2.49. The summed E-state index contributed by atoms with van der Waals surface area (Å²) in [4.78, 5) is 35.7. The lowest BCUT2D eigenvalue weighted by Gasteiger charge is -2.36. The first-order chi connectivity index (χ1) is 14.0. The summed E-state index contributed by atoms with van der Waals surface area (Å²) in [7, 11) is 0. The Balaban J connectivity index is 1.47. The van der Waals surface area contributed by atoms with Crippen LogP contribution >= 0.6 is 11.6 Å². The Kier molecular flexibility index (Phi) is 5.35. The van der Waals surface area contributed by atoms with E-state index in [4.69, 9.17) is 11.6 Å². The molecule has 0 saturated carbocycles. The van der Waals surface area contributed by atoms with E-state index in [-0.39, 0.29) is 18.3 Å². The molecule has 0 amide bonds. The topological polar surface area (TPSA) is 74.2 Å². The summed E-state index contributed by atoms with van der Waals surface area (Å²) in [6.07, 6.45) is 0. The van der Waals surface area contributed by atoms with Crippen LogP contribution in [0.4, 0.5) is 16.0 Å². The van der Waals surface area contributed by atoms with Crippen molar-refractivity contribution < 1.29 is 4.39 Å². The van der Waals surface area contributed by atoms with Gasteiger partial charge in [0.05, 0.1) is 6.54 Å². The maximum atomic E-state index is 13.1. The summed E-state index contributed by atoms with van der Waals surface area (Å²) in [6, 6.07) is 13.3. The Bertz CT molecular complexity index is 1070. The third kappa shape index (κ3) is 4.32. The minimum atomic E-state index is -0.598. The number of piperazine rings is 1. The van der Waals surface area contributed by atoms with Crippen molar-refractivity contribution in [3.63, 3.8) is 0 Å². The number of halogens is 2. The van der Waals surface area contributed by atoms with E-state index in [9.17, 15) is 14.0 Å². The number of nitrogens with one attached hydrogen (secondary N) is 1. The van der Waals surface area contributed by atoms with Crippen molar-refractivity contribution in [1.82, 2.24) is 14.5 Å². The summed E-state index contributed by atoms with van der Waals surface area (Å²) >= 11 is 5.87. The highest BCUT2D eigenvalue weighted by Gasteiger charge is 2.20. The van der Waals surface area contributed by atoms with Gasteiger partial charge in [-0.15, -0.1) is 0 Å². The lowest BCUT2D eigenvalue weighted by atomic mass is 10.2. The summed E-state index contributed by atoms with van der Waals surface area (Å²) in [6.45, 7) is 2.63. The quantitative estimate of drug-likeness (QED) is 0.706. The Morgan fingerprint density at radius 3 is 2.17 bits per heavy atom. The first-order valence-corrected chi connectivity index (χ1v) is 9.58. The second-order valence-electron chi connectivity index (χ2n) is 6.81. The van der Waals surface area contributed by atoms with E-state index in [1.165, 1.54) is 12.1 Å². The number of hydrogen-bond acceptors (Lipinski definition) is 5. The van der Waals surface area contributed by atoms with Crippen LogP contribution in [0.5, 0.6) is 0 Å². The fourth-order valence-electron chi connectivity index (χ4n) is 3.32. The second-order valence-corrected chi connectivity index (χ2v) is 7.25. The number of nitrogens with zero attached hydrogens (tertiary/aromatic N) is 4. The zero-order valence-electron chi connectivity index (χ0n) is 15.5. The van der Waals surface area contributed by atoms with Gasteiger partial charge in [0.15, 0.2) is 0 Å². The molecule has 3 aromatic rings. The second kappa shape index (κ2) is 8.08. The van der Waals surface area contributed by atoms with Crippen LogP contribution in [0.3, 0.4) is 0 Å². The molecule has 1 fully saturated rings. The zero-order chi connectivity index (χ0) is 20.4. The van der Waals surface area contributed by atoms with Gasteiger partial charge < -0.3 is 9.80 Å². The molecule has 7 nitrogen and oxygen atoms in total. The van der Waals surface area contributed by atoms with Crippen molar-refractivity contribution in [2.24, 2.45) is 0 Å². The monoisotopic (exact) mass is 415 g/mol. The molecule has 4 rings (SSSR count). The molecular formula is C20H19ClFN5O2. The van der Waals surface area contributed by atoms with E-state index in [1.54, 1.807) is 36.4 Å². The number of aromatic nitrogens is 3. The first-order valence-electron chi connectivity index (χ1n) is 9.21. The van der Waals surface area contributed by atoms with E-state index in [0.29, 0.717) is 31.2 Å². The molecule has 150 valence electrons. The Labute approximate surface area is 171 Å². The summed E-state index contributed by atoms with van der Waals surface area (Å²) in [5, 5.41) is 0.586. The van der Waals surface area contributed by atoms with Gasteiger partial charge in [0, 0.05) is 36.9 Å². The summed E-state index contributed by atoms with van der Waals surface area (Å²) in [5.74, 6) is -0.000520. The molecule has 1 N–H and O–H groups in total. The molecular weight excluding hydrogens is 397 g/mol. The molecule has 2 heterocycles. The molecule has 9 heteroatoms. The fraction of sp³-hybridized carbons (Fsp3) is 0.250. The van der Waals surface area contributed by atoms with Crippen molar-refractivity contribution >= 4 is 23.2 Å². The molecule has 1 aliphatic heterocycles. The number of anilines is 2. The molecule has 1 aromatic heterocycles. The molecule has 0 spiro atoms. The third-order valence-electron chi connectivity index (χ3n) is 4.92.